The third kappa shape index (κ3) is 5.52. The zero-order valence-corrected chi connectivity index (χ0v) is 14.4. The van der Waals surface area contributed by atoms with Gasteiger partial charge in [0.25, 0.3) is 0 Å². The number of carbonyl (C=O) groups is 1. The van der Waals surface area contributed by atoms with Gasteiger partial charge in [0.15, 0.2) is 9.84 Å². The quantitative estimate of drug-likeness (QED) is 0.623. The second-order valence-electron chi connectivity index (χ2n) is 5.92. The van der Waals surface area contributed by atoms with E-state index in [4.69, 9.17) is 9.94 Å². The average Bonchev–Trinajstić information content (AvgIpc) is 2.54. The number of piperidine rings is 1. The van der Waals surface area contributed by atoms with Crippen LogP contribution in [0.5, 0.6) is 0 Å². The normalized spacial score (nSPS) is 16.5. The molecule has 1 aromatic carbocycles. The van der Waals surface area contributed by atoms with Crippen molar-refractivity contribution >= 4 is 22.1 Å². The second kappa shape index (κ2) is 8.14. The van der Waals surface area contributed by atoms with E-state index in [1.165, 1.54) is 11.2 Å². The van der Waals surface area contributed by atoms with E-state index in [1.54, 1.807) is 30.5 Å². The first-order chi connectivity index (χ1) is 11.4. The third-order valence-electron chi connectivity index (χ3n) is 4.02. The number of likely N-dealkylation sites (tertiary alicyclic amines) is 1. The monoisotopic (exact) mass is 354 g/mol. The zero-order valence-electron chi connectivity index (χ0n) is 13.6. The van der Waals surface area contributed by atoms with Gasteiger partial charge in [-0.15, -0.1) is 0 Å². The predicted octanol–water partition coefficient (Wildman–Crippen LogP) is 2.03. The summed E-state index contributed by atoms with van der Waals surface area (Å²) in [5.41, 5.74) is 0.949. The maximum atomic E-state index is 11.4. The number of nitrogens with zero attached hydrogens (tertiary/aromatic N) is 2. The molecule has 0 saturated carbocycles. The number of oxime groups is 1. The lowest BCUT2D eigenvalue weighted by atomic mass is 9.98. The van der Waals surface area contributed by atoms with E-state index in [9.17, 15) is 13.2 Å². The molecule has 0 unspecified atom stereocenters. The smallest absolute Gasteiger partial charge is 0.407 e. The number of hydrogen-bond donors (Lipinski definition) is 1. The highest BCUT2D eigenvalue weighted by molar-refractivity contribution is 7.90. The molecule has 1 aliphatic rings. The summed E-state index contributed by atoms with van der Waals surface area (Å²) in [5, 5.41) is 12.8. The van der Waals surface area contributed by atoms with E-state index in [2.05, 4.69) is 5.16 Å². The predicted molar refractivity (Wildman–Crippen MR) is 90.0 cm³/mol. The minimum atomic E-state index is -3.17. The lowest BCUT2D eigenvalue weighted by Gasteiger charge is -2.28. The van der Waals surface area contributed by atoms with Crippen LogP contribution >= 0.6 is 0 Å². The Kier molecular flexibility index (Phi) is 6.19. The van der Waals surface area contributed by atoms with Crippen molar-refractivity contribution in [1.29, 1.82) is 0 Å². The molecule has 0 bridgehead atoms. The minimum absolute atomic E-state index is 0.298. The molecule has 1 heterocycles. The number of amides is 1. The summed E-state index contributed by atoms with van der Waals surface area (Å²) in [6.45, 7) is 1.57. The highest BCUT2D eigenvalue weighted by Crippen LogP contribution is 2.17. The number of hydrogen-bond acceptors (Lipinski definition) is 5. The van der Waals surface area contributed by atoms with Gasteiger partial charge in [-0.05, 0) is 36.5 Å². The van der Waals surface area contributed by atoms with Crippen LogP contribution in [0.2, 0.25) is 0 Å². The zero-order chi connectivity index (χ0) is 17.6. The van der Waals surface area contributed by atoms with E-state index in [0.29, 0.717) is 36.9 Å². The maximum absolute atomic E-state index is 11.4. The number of rotatable bonds is 6. The van der Waals surface area contributed by atoms with Gasteiger partial charge in [0, 0.05) is 32.0 Å². The van der Waals surface area contributed by atoms with Crippen LogP contribution in [0.15, 0.2) is 34.3 Å². The Morgan fingerprint density at radius 1 is 1.33 bits per heavy atom. The van der Waals surface area contributed by atoms with Crippen LogP contribution in [-0.4, -0.2) is 56.7 Å². The molecule has 1 N–H and O–H groups in total. The summed E-state index contributed by atoms with van der Waals surface area (Å²) in [4.78, 5) is 17.8. The van der Waals surface area contributed by atoms with Gasteiger partial charge in [-0.2, -0.15) is 0 Å². The molecule has 0 radical (unpaired) electrons. The van der Waals surface area contributed by atoms with Crippen LogP contribution in [0.3, 0.4) is 0 Å². The number of carboxylic acid groups (broad SMARTS) is 1. The van der Waals surface area contributed by atoms with Crippen molar-refractivity contribution in [1.82, 2.24) is 4.90 Å². The highest BCUT2D eigenvalue weighted by atomic mass is 32.2. The van der Waals surface area contributed by atoms with Crippen molar-refractivity contribution < 1.29 is 23.2 Å². The minimum Gasteiger partial charge on any atom is -0.465 e. The topological polar surface area (TPSA) is 96.3 Å². The Bertz CT molecular complexity index is 677. The largest absolute Gasteiger partial charge is 0.465 e. The first-order valence-electron chi connectivity index (χ1n) is 7.77. The molecule has 0 spiro atoms. The van der Waals surface area contributed by atoms with Crippen LogP contribution in [0, 0.1) is 5.92 Å². The Labute approximate surface area is 141 Å². The number of benzene rings is 1. The molecule has 24 heavy (non-hydrogen) atoms. The van der Waals surface area contributed by atoms with Gasteiger partial charge in [-0.25, -0.2) is 13.2 Å². The van der Waals surface area contributed by atoms with E-state index < -0.39 is 15.9 Å². The molecule has 2 rings (SSSR count). The van der Waals surface area contributed by atoms with Gasteiger partial charge < -0.3 is 14.8 Å². The SMILES string of the molecule is CS(=O)(=O)c1ccc(CC=NOCC2CCN(C(=O)O)CC2)cc1. The Hall–Kier alpha value is -2.09. The number of sulfone groups is 1. The fraction of sp³-hybridized carbons (Fsp3) is 0.500. The van der Waals surface area contributed by atoms with Crippen molar-refractivity contribution in [2.75, 3.05) is 26.0 Å². The first-order valence-corrected chi connectivity index (χ1v) is 9.66. The van der Waals surface area contributed by atoms with E-state index >= 15 is 0 Å². The van der Waals surface area contributed by atoms with E-state index in [-0.39, 0.29) is 0 Å². The van der Waals surface area contributed by atoms with Crippen LogP contribution < -0.4 is 0 Å². The average molecular weight is 354 g/mol. The van der Waals surface area contributed by atoms with Crippen molar-refractivity contribution in [3.8, 4) is 0 Å². The molecule has 7 nitrogen and oxygen atoms in total. The molecule has 0 atom stereocenters. The van der Waals surface area contributed by atoms with Gasteiger partial charge in [-0.1, -0.05) is 17.3 Å². The fourth-order valence-corrected chi connectivity index (χ4v) is 3.14. The summed E-state index contributed by atoms with van der Waals surface area (Å²) >= 11 is 0. The van der Waals surface area contributed by atoms with Crippen LogP contribution in [0.1, 0.15) is 18.4 Å². The molecule has 1 aliphatic heterocycles. The molecule has 8 heteroatoms. The summed E-state index contributed by atoms with van der Waals surface area (Å²) < 4.78 is 22.7. The van der Waals surface area contributed by atoms with Gasteiger partial charge >= 0.3 is 6.09 Å². The molecule has 1 aromatic rings. The van der Waals surface area contributed by atoms with Crippen molar-refractivity contribution in [2.24, 2.45) is 11.1 Å². The highest BCUT2D eigenvalue weighted by Gasteiger charge is 2.22. The first kappa shape index (κ1) is 18.3. The fourth-order valence-electron chi connectivity index (χ4n) is 2.51. The van der Waals surface area contributed by atoms with Gasteiger partial charge in [0.05, 0.1) is 4.90 Å². The Morgan fingerprint density at radius 3 is 2.50 bits per heavy atom. The Balaban J connectivity index is 1.69. The van der Waals surface area contributed by atoms with E-state index in [0.717, 1.165) is 18.4 Å². The van der Waals surface area contributed by atoms with Gasteiger partial charge in [-0.3, -0.25) is 0 Å². The summed E-state index contributed by atoms with van der Waals surface area (Å²) in [6.07, 6.45) is 4.08. The molecular weight excluding hydrogens is 332 g/mol. The lowest BCUT2D eigenvalue weighted by molar-refractivity contribution is 0.0696. The van der Waals surface area contributed by atoms with Crippen molar-refractivity contribution in [3.05, 3.63) is 29.8 Å². The van der Waals surface area contributed by atoms with Crippen LogP contribution in [0.25, 0.3) is 0 Å². The summed E-state index contributed by atoms with van der Waals surface area (Å²) in [6, 6.07) is 6.67. The summed E-state index contributed by atoms with van der Waals surface area (Å²) in [5.74, 6) is 0.326. The molecule has 0 aromatic heterocycles. The van der Waals surface area contributed by atoms with Gasteiger partial charge in [0.1, 0.15) is 6.61 Å². The Morgan fingerprint density at radius 2 is 1.96 bits per heavy atom. The van der Waals surface area contributed by atoms with Gasteiger partial charge in [0.2, 0.25) is 0 Å². The lowest BCUT2D eigenvalue weighted by Crippen LogP contribution is -2.38. The molecule has 1 saturated heterocycles. The van der Waals surface area contributed by atoms with Crippen molar-refractivity contribution in [3.63, 3.8) is 0 Å². The standard InChI is InChI=1S/C16H22N2O5S/c1-24(21,22)15-4-2-13(3-5-15)6-9-17-23-12-14-7-10-18(11-8-14)16(19)20/h2-5,9,14H,6-8,10-12H2,1H3,(H,19,20). The maximum Gasteiger partial charge on any atom is 0.407 e. The van der Waals surface area contributed by atoms with Crippen LogP contribution in [0.4, 0.5) is 4.79 Å². The second-order valence-corrected chi connectivity index (χ2v) is 7.93. The molecule has 1 fully saturated rings. The third-order valence-corrected chi connectivity index (χ3v) is 5.15. The molecular formula is C16H22N2O5S. The molecule has 132 valence electrons. The summed E-state index contributed by atoms with van der Waals surface area (Å²) in [7, 11) is -3.17. The molecule has 0 aliphatic carbocycles. The molecule has 1 amide bonds. The van der Waals surface area contributed by atoms with Crippen LogP contribution in [-0.2, 0) is 21.1 Å². The van der Waals surface area contributed by atoms with E-state index in [1.807, 2.05) is 0 Å². The van der Waals surface area contributed by atoms with Crippen molar-refractivity contribution in [2.45, 2.75) is 24.2 Å².